The van der Waals surface area contributed by atoms with Crippen LogP contribution in [0.1, 0.15) is 18.2 Å². The fourth-order valence-corrected chi connectivity index (χ4v) is 4.14. The highest BCUT2D eigenvalue weighted by molar-refractivity contribution is 7.84. The van der Waals surface area contributed by atoms with Gasteiger partial charge >= 0.3 is 0 Å². The van der Waals surface area contributed by atoms with Crippen LogP contribution in [0.2, 0.25) is 0 Å². The van der Waals surface area contributed by atoms with Crippen LogP contribution in [-0.4, -0.2) is 43.5 Å². The van der Waals surface area contributed by atoms with Crippen LogP contribution in [0.5, 0.6) is 0 Å². The molecule has 0 saturated heterocycles. The quantitative estimate of drug-likeness (QED) is 0.378. The van der Waals surface area contributed by atoms with Crippen LogP contribution < -0.4 is 0 Å². The van der Waals surface area contributed by atoms with Crippen molar-refractivity contribution in [1.29, 1.82) is 0 Å². The summed E-state index contributed by atoms with van der Waals surface area (Å²) in [5, 5.41) is 0.291. The van der Waals surface area contributed by atoms with Gasteiger partial charge in [-0.15, -0.1) is 0 Å². The molecule has 0 amide bonds. The minimum absolute atomic E-state index is 0.194. The molecule has 0 bridgehead atoms. The number of aromatic amines is 1. The molecule has 31 heavy (non-hydrogen) atoms. The summed E-state index contributed by atoms with van der Waals surface area (Å²) < 4.78 is 39.8. The molecule has 4 aromatic rings. The fraction of sp³-hybridized carbons (Fsp3) is 0.273. The highest BCUT2D eigenvalue weighted by Gasteiger charge is 2.15. The van der Waals surface area contributed by atoms with Crippen molar-refractivity contribution in [3.8, 4) is 5.69 Å². The zero-order valence-electron chi connectivity index (χ0n) is 17.1. The number of halogens is 1. The van der Waals surface area contributed by atoms with Crippen molar-refractivity contribution in [2.24, 2.45) is 0 Å². The molecule has 0 saturated carbocycles. The summed E-state index contributed by atoms with van der Waals surface area (Å²) >= 11 is 0. The Morgan fingerprint density at radius 3 is 2.77 bits per heavy atom. The van der Waals surface area contributed by atoms with E-state index in [1.165, 1.54) is 6.07 Å². The Morgan fingerprint density at radius 2 is 1.97 bits per heavy atom. The van der Waals surface area contributed by atoms with Crippen molar-refractivity contribution < 1.29 is 18.1 Å². The minimum Gasteiger partial charge on any atom is -0.379 e. The van der Waals surface area contributed by atoms with Gasteiger partial charge in [0.2, 0.25) is 0 Å². The number of nitrogens with zero attached hydrogens (tertiary/aromatic N) is 3. The molecule has 3 aromatic heterocycles. The second kappa shape index (κ2) is 9.95. The molecular weight excluding hydrogens is 419 g/mol. The topological polar surface area (TPSA) is 82.0 Å². The van der Waals surface area contributed by atoms with E-state index in [4.69, 9.17) is 9.47 Å². The number of ether oxygens (including phenoxy) is 2. The first-order valence-electron chi connectivity index (χ1n) is 9.94. The first-order chi connectivity index (χ1) is 15.1. The SMILES string of the molecule is CCOCCOCc1ccnc(CS(=O)c2nc3cc(-n4cccc4)c(F)cc3[nH]2)c1. The van der Waals surface area contributed by atoms with Crippen molar-refractivity contribution in [1.82, 2.24) is 19.5 Å². The number of nitrogens with one attached hydrogen (secondary N) is 1. The van der Waals surface area contributed by atoms with Gasteiger partial charge in [0.05, 0.1) is 58.8 Å². The summed E-state index contributed by atoms with van der Waals surface area (Å²) in [7, 11) is -1.45. The van der Waals surface area contributed by atoms with Crippen molar-refractivity contribution in [2.75, 3.05) is 19.8 Å². The highest BCUT2D eigenvalue weighted by atomic mass is 32.2. The van der Waals surface area contributed by atoms with Gasteiger partial charge in [-0.2, -0.15) is 0 Å². The van der Waals surface area contributed by atoms with E-state index in [0.717, 1.165) is 5.56 Å². The van der Waals surface area contributed by atoms with Gasteiger partial charge in [-0.05, 0) is 42.8 Å². The Balaban J connectivity index is 1.45. The number of H-pyrrole nitrogens is 1. The largest absolute Gasteiger partial charge is 0.379 e. The first-order valence-corrected chi connectivity index (χ1v) is 11.3. The van der Waals surface area contributed by atoms with Gasteiger partial charge in [-0.25, -0.2) is 9.37 Å². The maximum Gasteiger partial charge on any atom is 0.197 e. The van der Waals surface area contributed by atoms with E-state index in [1.54, 1.807) is 29.2 Å². The Labute approximate surface area is 181 Å². The van der Waals surface area contributed by atoms with E-state index in [-0.39, 0.29) is 11.6 Å². The van der Waals surface area contributed by atoms with Crippen LogP contribution in [0.25, 0.3) is 16.7 Å². The molecule has 0 fully saturated rings. The zero-order valence-corrected chi connectivity index (χ0v) is 17.9. The van der Waals surface area contributed by atoms with E-state index in [0.29, 0.717) is 54.0 Å². The van der Waals surface area contributed by atoms with Crippen LogP contribution in [0, 0.1) is 5.82 Å². The number of rotatable bonds is 10. The Hall–Kier alpha value is -2.88. The van der Waals surface area contributed by atoms with E-state index in [9.17, 15) is 8.60 Å². The third-order valence-electron chi connectivity index (χ3n) is 4.63. The lowest BCUT2D eigenvalue weighted by Crippen LogP contribution is -2.05. The minimum atomic E-state index is -1.45. The van der Waals surface area contributed by atoms with E-state index < -0.39 is 10.8 Å². The predicted octanol–water partition coefficient (Wildman–Crippen LogP) is 3.75. The molecule has 1 aromatic carbocycles. The molecule has 7 nitrogen and oxygen atoms in total. The second-order valence-corrected chi connectivity index (χ2v) is 8.21. The van der Waals surface area contributed by atoms with E-state index in [2.05, 4.69) is 15.0 Å². The van der Waals surface area contributed by atoms with Gasteiger partial charge < -0.3 is 19.0 Å². The number of aromatic nitrogens is 4. The monoisotopic (exact) mass is 442 g/mol. The van der Waals surface area contributed by atoms with Crippen LogP contribution in [-0.2, 0) is 32.6 Å². The van der Waals surface area contributed by atoms with Gasteiger partial charge in [-0.1, -0.05) is 0 Å². The maximum atomic E-state index is 14.5. The summed E-state index contributed by atoms with van der Waals surface area (Å²) in [5.74, 6) is -0.192. The normalized spacial score (nSPS) is 12.5. The van der Waals surface area contributed by atoms with E-state index in [1.807, 2.05) is 31.2 Å². The van der Waals surface area contributed by atoms with Gasteiger partial charge in [0.1, 0.15) is 5.82 Å². The molecule has 0 aliphatic heterocycles. The van der Waals surface area contributed by atoms with Gasteiger partial charge in [-0.3, -0.25) is 9.19 Å². The average molecular weight is 443 g/mol. The van der Waals surface area contributed by atoms with Gasteiger partial charge in [0, 0.05) is 31.3 Å². The van der Waals surface area contributed by atoms with E-state index >= 15 is 0 Å². The van der Waals surface area contributed by atoms with Crippen LogP contribution in [0.15, 0.2) is 60.1 Å². The average Bonchev–Trinajstić information content (AvgIpc) is 3.43. The third-order valence-corrected chi connectivity index (χ3v) is 5.81. The smallest absolute Gasteiger partial charge is 0.197 e. The summed E-state index contributed by atoms with van der Waals surface area (Å²) in [5.41, 5.74) is 3.06. The second-order valence-electron chi connectivity index (χ2n) is 6.85. The van der Waals surface area contributed by atoms with Crippen molar-refractivity contribution in [3.63, 3.8) is 0 Å². The van der Waals surface area contributed by atoms with Crippen LogP contribution in [0.4, 0.5) is 4.39 Å². The molecule has 0 radical (unpaired) electrons. The number of fused-ring (bicyclic) bond motifs is 1. The van der Waals surface area contributed by atoms with Crippen LogP contribution >= 0.6 is 0 Å². The lowest BCUT2D eigenvalue weighted by atomic mass is 10.2. The molecule has 9 heteroatoms. The standard InChI is InChI=1S/C22H23FN4O3S/c1-2-29-9-10-30-14-16-5-6-24-17(11-16)15-31(28)22-25-19-12-18(23)21(13-20(19)26-22)27-7-3-4-8-27/h3-8,11-13H,2,9-10,14-15H2,1H3,(H,25,26). The molecular formula is C22H23FN4O3S. The molecule has 0 spiro atoms. The molecule has 0 aliphatic rings. The third kappa shape index (κ3) is 5.25. The number of hydrogen-bond acceptors (Lipinski definition) is 5. The van der Waals surface area contributed by atoms with Crippen molar-refractivity contribution in [2.45, 2.75) is 24.4 Å². The number of imidazole rings is 1. The molecule has 3 heterocycles. The predicted molar refractivity (Wildman–Crippen MR) is 116 cm³/mol. The van der Waals surface area contributed by atoms with Gasteiger partial charge in [0.15, 0.2) is 5.16 Å². The number of pyridine rings is 1. The molecule has 1 unspecified atom stereocenters. The lowest BCUT2D eigenvalue weighted by Gasteiger charge is -2.06. The molecule has 1 N–H and O–H groups in total. The number of hydrogen-bond donors (Lipinski definition) is 1. The summed E-state index contributed by atoms with van der Waals surface area (Å²) in [6.07, 6.45) is 5.19. The van der Waals surface area contributed by atoms with Crippen LogP contribution in [0.3, 0.4) is 0 Å². The summed E-state index contributed by atoms with van der Waals surface area (Å²) in [6.45, 7) is 4.10. The molecule has 162 valence electrons. The van der Waals surface area contributed by atoms with Gasteiger partial charge in [0.25, 0.3) is 0 Å². The fourth-order valence-electron chi connectivity index (χ4n) is 3.15. The number of benzene rings is 1. The lowest BCUT2D eigenvalue weighted by molar-refractivity contribution is 0.0452. The summed E-state index contributed by atoms with van der Waals surface area (Å²) in [4.78, 5) is 11.7. The Kier molecular flexibility index (Phi) is 6.86. The highest BCUT2D eigenvalue weighted by Crippen LogP contribution is 2.22. The Bertz CT molecular complexity index is 1180. The van der Waals surface area contributed by atoms with Crippen molar-refractivity contribution >= 4 is 21.8 Å². The molecule has 0 aliphatic carbocycles. The summed E-state index contributed by atoms with van der Waals surface area (Å²) in [6, 6.07) is 10.4. The maximum absolute atomic E-state index is 14.5. The zero-order chi connectivity index (χ0) is 21.6. The molecule has 4 rings (SSSR count). The Morgan fingerprint density at radius 1 is 1.16 bits per heavy atom. The molecule has 1 atom stereocenters. The first kappa shape index (κ1) is 21.4. The van der Waals surface area contributed by atoms with Crippen molar-refractivity contribution in [3.05, 3.63) is 72.1 Å².